The van der Waals surface area contributed by atoms with E-state index >= 15 is 8.78 Å². The van der Waals surface area contributed by atoms with Crippen LogP contribution in [-0.4, -0.2) is 123 Å². The largest absolute Gasteiger partial charge is 0.461 e. The number of nitrogens with zero attached hydrogens (tertiary/aromatic N) is 8. The number of aromatic nitrogens is 4. The number of alkyl carbamates (subject to hydrolysis) is 1. The fourth-order valence-electron chi connectivity index (χ4n) is 11.8. The van der Waals surface area contributed by atoms with E-state index in [0.29, 0.717) is 35.3 Å². The van der Waals surface area contributed by atoms with Crippen LogP contribution in [0.1, 0.15) is 68.4 Å². The first-order valence-electron chi connectivity index (χ1n) is 26.6. The average Bonchev–Trinajstić information content (AvgIpc) is 2.41. The Kier molecular flexibility index (Phi) is 14.9. The van der Waals surface area contributed by atoms with Crippen molar-refractivity contribution in [3.8, 4) is 34.6 Å². The van der Waals surface area contributed by atoms with E-state index in [1.807, 2.05) is 24.8 Å². The van der Waals surface area contributed by atoms with Crippen LogP contribution in [0.2, 0.25) is 5.02 Å². The summed E-state index contributed by atoms with van der Waals surface area (Å²) in [5.41, 5.74) is 12.0. The van der Waals surface area contributed by atoms with Crippen LogP contribution in [0.25, 0.3) is 54.4 Å². The molecular formula is C57H52ClF4N11O9S. The van der Waals surface area contributed by atoms with Gasteiger partial charge in [0.25, 0.3) is 11.5 Å². The van der Waals surface area contributed by atoms with Gasteiger partial charge < -0.3 is 50.1 Å². The Balaban J connectivity index is 0.00000357. The van der Waals surface area contributed by atoms with Crippen LogP contribution >= 0.6 is 22.9 Å². The first-order chi connectivity index (χ1) is 39.8. The summed E-state index contributed by atoms with van der Waals surface area (Å²) < 4.78 is 85.3. The monoisotopic (exact) mass is 1180 g/mol. The fourth-order valence-corrected chi connectivity index (χ4v) is 13.0. The Labute approximate surface area is 479 Å². The number of fused-ring (bicyclic) bond motifs is 8. The van der Waals surface area contributed by atoms with Gasteiger partial charge in [-0.05, 0) is 62.2 Å². The molecule has 4 aromatic heterocycles. The molecule has 3 unspecified atom stereocenters. The summed E-state index contributed by atoms with van der Waals surface area (Å²) in [4.78, 5) is 85.8. The van der Waals surface area contributed by atoms with Crippen molar-refractivity contribution < 1.29 is 55.7 Å². The number of rotatable bonds is 11. The van der Waals surface area contributed by atoms with Crippen molar-refractivity contribution in [2.75, 3.05) is 68.8 Å². The molecular weight excluding hydrogens is 1130 g/mol. The third-order valence-electron chi connectivity index (χ3n) is 15.6. The lowest BCUT2D eigenvalue weighted by atomic mass is 9.95. The van der Waals surface area contributed by atoms with Gasteiger partial charge >= 0.3 is 24.0 Å². The Bertz CT molecular complexity index is 4050. The van der Waals surface area contributed by atoms with E-state index in [-0.39, 0.29) is 133 Å². The normalized spacial score (nSPS) is 19.7. The first-order valence-corrected chi connectivity index (χ1v) is 27.8. The molecule has 3 fully saturated rings. The van der Waals surface area contributed by atoms with E-state index in [1.54, 1.807) is 13.0 Å². The van der Waals surface area contributed by atoms with Crippen molar-refractivity contribution in [1.82, 2.24) is 34.6 Å². The number of cyclic esters (lactones) is 1. The molecule has 9 heterocycles. The summed E-state index contributed by atoms with van der Waals surface area (Å²) >= 11 is 7.79. The van der Waals surface area contributed by atoms with Crippen LogP contribution in [0, 0.1) is 28.8 Å². The van der Waals surface area contributed by atoms with Gasteiger partial charge in [-0.15, -0.1) is 11.3 Å². The van der Waals surface area contributed by atoms with Gasteiger partial charge in [-0.1, -0.05) is 38.1 Å². The molecule has 3 saturated heterocycles. The highest BCUT2D eigenvalue weighted by atomic mass is 35.5. The second kappa shape index (κ2) is 21.9. The molecule has 5 aliphatic heterocycles. The zero-order valence-corrected chi connectivity index (χ0v) is 46.5. The zero-order valence-electron chi connectivity index (χ0n) is 44.9. The minimum Gasteiger partial charge on any atom is -0.461 e. The molecule has 0 aliphatic carbocycles. The number of nitrogen functional groups attached to an aromatic ring is 2. The van der Waals surface area contributed by atoms with E-state index in [9.17, 15) is 38.0 Å². The highest BCUT2D eigenvalue weighted by Crippen LogP contribution is 2.47. The summed E-state index contributed by atoms with van der Waals surface area (Å²) in [7, 11) is 0. The number of hydrogen-bond acceptors (Lipinski definition) is 18. The summed E-state index contributed by atoms with van der Waals surface area (Å²) in [5, 5.41) is 13.0. The molecule has 0 radical (unpaired) electrons. The number of nitrogens with two attached hydrogens (primary N) is 2. The smallest absolute Gasteiger partial charge is 0.407 e. The lowest BCUT2D eigenvalue weighted by molar-refractivity contribution is -0.171. The molecule has 5 aliphatic rings. The number of thiophene rings is 1. The van der Waals surface area contributed by atoms with Gasteiger partial charge in [0, 0.05) is 83.1 Å². The van der Waals surface area contributed by atoms with Crippen LogP contribution < -0.4 is 32.0 Å². The lowest BCUT2D eigenvalue weighted by Gasteiger charge is -2.41. The minimum absolute atomic E-state index is 0.0237. The van der Waals surface area contributed by atoms with Gasteiger partial charge in [-0.3, -0.25) is 19.3 Å². The molecule has 4 atom stereocenters. The molecule has 2 amide bonds. The second-order valence-electron chi connectivity index (χ2n) is 20.6. The molecule has 5 N–H and O–H groups in total. The molecule has 83 heavy (non-hydrogen) atoms. The second-order valence-corrected chi connectivity index (χ2v) is 22.1. The number of carbonyl (C=O) groups is 4. The van der Waals surface area contributed by atoms with E-state index in [4.69, 9.17) is 47.0 Å². The van der Waals surface area contributed by atoms with Gasteiger partial charge in [0.1, 0.15) is 66.6 Å². The van der Waals surface area contributed by atoms with Crippen molar-refractivity contribution in [3.63, 3.8) is 0 Å². The van der Waals surface area contributed by atoms with Crippen LogP contribution in [0.4, 0.5) is 38.9 Å². The Hall–Kier alpha value is -8.60. The number of benzene rings is 3. The number of anilines is 3. The standard InChI is InChI=1S/C55H46ClF4N11O9S.C2H6/c1-24(21-78-54(76)64-17-40(72)80-46-30-13-39-44-27(10-26-11-37(62)36(59)14-38(26)65-44)19-71(39)51(74)33(30)22-77-52(46)75)50(73)68-8-9-70(25(2)18-68)49-31-12-34(56)42(29-4-5-35(58)47-41(29)32(16-61)48(63)81-47)43(60)45(31)66-53(67-49)79-23-55-6-3-7-69(55)20-28(57)15-55;1-2/h4-5,10-14,25,28,46H,1,3,6-9,15,17-23,62-63H2,2H3,(H,64,76);1-2H3/t25?,28?,46?,55-;/m0./s1. The summed E-state index contributed by atoms with van der Waals surface area (Å²) in [6.45, 7) is 9.22. The van der Waals surface area contributed by atoms with E-state index < -0.39 is 90.6 Å². The molecule has 430 valence electrons. The van der Waals surface area contributed by atoms with Crippen LogP contribution in [-0.2, 0) is 41.7 Å². The maximum atomic E-state index is 17.4. The number of halogens is 5. The number of pyridine rings is 2. The molecule has 0 saturated carbocycles. The predicted molar refractivity (Wildman–Crippen MR) is 300 cm³/mol. The SMILES string of the molecule is C=C(COC(=O)NCC(=O)OC1C(=O)OCc2c1cc1n(c2=O)Cc2cc3cc(N)c(F)cc3nc2-1)C(=O)N1CCN(c2nc(OC[C@@]34CCCN3CC(F)C4)nc3c(F)c(-c4ccc(F)c5sc(N)c(C#N)c45)c(Cl)cc23)C(C)C1.CC. The minimum atomic E-state index is -1.69. The molecule has 0 spiro atoms. The topological polar surface area (TPSA) is 263 Å². The third-order valence-corrected chi connectivity index (χ3v) is 17.0. The number of ether oxygens (including phenoxy) is 4. The quantitative estimate of drug-likeness (QED) is 0.0364. The van der Waals surface area contributed by atoms with Gasteiger partial charge in [0.2, 0.25) is 6.10 Å². The van der Waals surface area contributed by atoms with Gasteiger partial charge in [-0.2, -0.15) is 15.2 Å². The number of nitrogens with one attached hydrogen (secondary N) is 1. The summed E-state index contributed by atoms with van der Waals surface area (Å²) in [6.07, 6.45) is -2.11. The average molecular weight is 1180 g/mol. The molecule has 26 heteroatoms. The molecule has 0 bridgehead atoms. The summed E-state index contributed by atoms with van der Waals surface area (Å²) in [6, 6.07) is 11.1. The van der Waals surface area contributed by atoms with Gasteiger partial charge in [0.15, 0.2) is 5.82 Å². The Morgan fingerprint density at radius 1 is 1.04 bits per heavy atom. The van der Waals surface area contributed by atoms with Crippen molar-refractivity contribution in [2.24, 2.45) is 0 Å². The zero-order chi connectivity index (χ0) is 58.9. The van der Waals surface area contributed by atoms with Crippen LogP contribution in [0.3, 0.4) is 0 Å². The van der Waals surface area contributed by atoms with Crippen molar-refractivity contribution >= 4 is 95.3 Å². The Morgan fingerprint density at radius 2 is 1.83 bits per heavy atom. The molecule has 12 rings (SSSR count). The highest BCUT2D eigenvalue weighted by Gasteiger charge is 2.49. The maximum absolute atomic E-state index is 17.4. The Morgan fingerprint density at radius 3 is 2.60 bits per heavy atom. The van der Waals surface area contributed by atoms with E-state index in [0.717, 1.165) is 23.8 Å². The number of piperazine rings is 1. The van der Waals surface area contributed by atoms with Crippen LogP contribution in [0.5, 0.6) is 6.01 Å². The number of hydrogen-bond donors (Lipinski definition) is 3. The first kappa shape index (κ1) is 56.3. The third kappa shape index (κ3) is 9.90. The molecule has 7 aromatic rings. The van der Waals surface area contributed by atoms with E-state index in [1.165, 1.54) is 39.8 Å². The van der Waals surface area contributed by atoms with Crippen molar-refractivity contribution in [3.05, 3.63) is 110 Å². The maximum Gasteiger partial charge on any atom is 0.407 e. The van der Waals surface area contributed by atoms with Crippen molar-refractivity contribution in [2.45, 2.75) is 77.0 Å². The number of carbonyl (C=O) groups excluding carboxylic acids is 4. The number of esters is 2. The molecule has 3 aromatic carbocycles. The summed E-state index contributed by atoms with van der Waals surface area (Å²) in [5.74, 6) is -4.66. The number of amides is 2. The predicted octanol–water partition coefficient (Wildman–Crippen LogP) is 8.00. The lowest BCUT2D eigenvalue weighted by Crippen LogP contribution is -2.54. The van der Waals surface area contributed by atoms with E-state index in [2.05, 4.69) is 26.8 Å². The van der Waals surface area contributed by atoms with Gasteiger partial charge in [-0.25, -0.2) is 32.1 Å². The number of alkyl halides is 1. The number of nitriles is 1. The van der Waals surface area contributed by atoms with Gasteiger partial charge in [0.05, 0.1) is 55.5 Å². The van der Waals surface area contributed by atoms with Crippen molar-refractivity contribution in [1.29, 1.82) is 5.26 Å². The highest BCUT2D eigenvalue weighted by molar-refractivity contribution is 7.23. The fraction of sp³-hybridized carbons (Fsp3) is 0.351. The van der Waals surface area contributed by atoms with Crippen LogP contribution in [0.15, 0.2) is 59.4 Å². The molecule has 20 nitrogen and oxygen atoms in total.